The first-order chi connectivity index (χ1) is 15.1. The number of aryl methyl sites for hydroxylation is 1. The van der Waals surface area contributed by atoms with E-state index in [4.69, 9.17) is 1.37 Å². The van der Waals surface area contributed by atoms with Gasteiger partial charge in [0.2, 0.25) is 0 Å². The summed E-state index contributed by atoms with van der Waals surface area (Å²) in [6, 6.07) is 5.98. The van der Waals surface area contributed by atoms with Crippen molar-refractivity contribution in [2.75, 3.05) is 9.74 Å². The van der Waals surface area contributed by atoms with Gasteiger partial charge in [-0.3, -0.25) is 9.48 Å². The van der Waals surface area contributed by atoms with Crippen LogP contribution in [0.1, 0.15) is 54.8 Å². The fraction of sp³-hybridized carbons (Fsp3) is 0.409. The number of fused-ring (bicyclic) bond motifs is 1. The molecule has 1 amide bonds. The lowest BCUT2D eigenvalue weighted by atomic mass is 9.87. The van der Waals surface area contributed by atoms with E-state index in [2.05, 4.69) is 38.0 Å². The van der Waals surface area contributed by atoms with Crippen LogP contribution < -0.4 is 5.32 Å². The first kappa shape index (κ1) is 20.7. The number of hydrogen-bond acceptors (Lipinski definition) is 3. The van der Waals surface area contributed by atoms with E-state index in [-0.39, 0.29) is 5.69 Å². The molecule has 0 bridgehead atoms. The minimum atomic E-state index is -4.62. The molecule has 5 nitrogen and oxygen atoms in total. The van der Waals surface area contributed by atoms with Crippen LogP contribution in [0.5, 0.6) is 0 Å². The van der Waals surface area contributed by atoms with Crippen molar-refractivity contribution in [2.45, 2.75) is 44.8 Å². The van der Waals surface area contributed by atoms with Crippen molar-refractivity contribution in [1.82, 2.24) is 14.8 Å². The van der Waals surface area contributed by atoms with Gasteiger partial charge in [-0.15, -0.1) is 0 Å². The monoisotopic (exact) mass is 543 g/mol. The first-order valence-corrected chi connectivity index (χ1v) is 11.5. The van der Waals surface area contributed by atoms with Crippen molar-refractivity contribution in [3.63, 3.8) is 0 Å². The van der Waals surface area contributed by atoms with Crippen LogP contribution in [-0.2, 0) is 6.18 Å². The maximum Gasteiger partial charge on any atom is 0.433 e. The molecule has 0 atom stereocenters. The molecular formula is C22H22F3IN4O. The van der Waals surface area contributed by atoms with Crippen LogP contribution in [0.25, 0.3) is 10.9 Å². The second kappa shape index (κ2) is 8.76. The highest BCUT2D eigenvalue weighted by molar-refractivity contribution is 14.1. The number of hydrogen-bond donors (Lipinski definition) is 1. The summed E-state index contributed by atoms with van der Waals surface area (Å²) in [5.74, 6) is -0.0763. The van der Waals surface area contributed by atoms with E-state index in [0.29, 0.717) is 17.1 Å². The minimum Gasteiger partial charge on any atom is -0.320 e. The zero-order valence-electron chi connectivity index (χ0n) is 17.8. The fourth-order valence-corrected chi connectivity index (χ4v) is 4.65. The van der Waals surface area contributed by atoms with Gasteiger partial charge in [-0.05, 0) is 68.4 Å². The number of nitrogens with zero attached hydrogens (tertiary/aromatic N) is 3. The molecule has 1 fully saturated rings. The number of carbonyl (C=O) groups excluding carboxylic acids is 1. The summed E-state index contributed by atoms with van der Waals surface area (Å²) in [5, 5.41) is 8.02. The second-order valence-corrected chi connectivity index (χ2v) is 8.70. The fourth-order valence-electron chi connectivity index (χ4n) is 3.77. The zero-order valence-corrected chi connectivity index (χ0v) is 19.0. The lowest BCUT2D eigenvalue weighted by Gasteiger charge is -2.27. The molecular weight excluding hydrogens is 520 g/mol. The average Bonchev–Trinajstić information content (AvgIpc) is 3.17. The molecule has 1 aliphatic rings. The summed E-state index contributed by atoms with van der Waals surface area (Å²) in [6.45, 7) is 1.79. The molecule has 0 unspecified atom stereocenters. The summed E-state index contributed by atoms with van der Waals surface area (Å²) in [4.78, 5) is 16.0. The Labute approximate surface area is 193 Å². The van der Waals surface area contributed by atoms with Gasteiger partial charge in [0.1, 0.15) is 11.4 Å². The Hall–Kier alpha value is -2.17. The van der Waals surface area contributed by atoms with E-state index < -0.39 is 23.8 Å². The molecule has 1 aromatic carbocycles. The Kier molecular flexibility index (Phi) is 5.85. The molecule has 3 aromatic rings. The van der Waals surface area contributed by atoms with Gasteiger partial charge in [-0.25, -0.2) is 4.98 Å². The quantitative estimate of drug-likeness (QED) is 0.316. The van der Waals surface area contributed by atoms with Crippen LogP contribution in [0.2, 0.25) is 0 Å². The first-order valence-electron chi connectivity index (χ1n) is 10.5. The number of aromatic nitrogens is 3. The predicted molar refractivity (Wildman–Crippen MR) is 122 cm³/mol. The Morgan fingerprint density at radius 2 is 2.03 bits per heavy atom. The predicted octanol–water partition coefficient (Wildman–Crippen LogP) is 6.18. The number of rotatable bonds is 4. The van der Waals surface area contributed by atoms with Crippen LogP contribution >= 0.6 is 22.6 Å². The Morgan fingerprint density at radius 1 is 1.29 bits per heavy atom. The van der Waals surface area contributed by atoms with Crippen molar-refractivity contribution >= 4 is 45.1 Å². The molecule has 1 aliphatic carbocycles. The van der Waals surface area contributed by atoms with Gasteiger partial charge in [0.25, 0.3) is 5.91 Å². The van der Waals surface area contributed by atoms with Gasteiger partial charge >= 0.3 is 6.18 Å². The van der Waals surface area contributed by atoms with E-state index >= 15 is 0 Å². The number of nitrogens with one attached hydrogen (secondary N) is 1. The molecule has 1 saturated carbocycles. The summed E-state index contributed by atoms with van der Waals surface area (Å²) >= 11 is 2.39. The molecule has 0 aliphatic heterocycles. The minimum absolute atomic E-state index is 0.313. The maximum absolute atomic E-state index is 12.9. The molecule has 0 spiro atoms. The third-order valence-electron chi connectivity index (χ3n) is 5.60. The molecule has 2 aromatic heterocycles. The van der Waals surface area contributed by atoms with Crippen molar-refractivity contribution in [2.24, 2.45) is 5.92 Å². The number of halogens is 4. The summed E-state index contributed by atoms with van der Waals surface area (Å²) < 4.78 is 50.4. The van der Waals surface area contributed by atoms with E-state index in [0.717, 1.165) is 53.2 Å². The highest BCUT2D eigenvalue weighted by atomic mass is 127. The number of pyridine rings is 1. The zero-order chi connectivity index (χ0) is 23.1. The second-order valence-electron chi connectivity index (χ2n) is 7.82. The number of benzene rings is 1. The van der Waals surface area contributed by atoms with Gasteiger partial charge in [0.05, 0.1) is 12.9 Å². The van der Waals surface area contributed by atoms with E-state index in [1.54, 1.807) is 23.7 Å². The molecule has 4 rings (SSSR count). The summed E-state index contributed by atoms with van der Waals surface area (Å²) in [5.41, 5.74) is 0.466. The van der Waals surface area contributed by atoms with Crippen LogP contribution in [0, 0.1) is 12.8 Å². The topological polar surface area (TPSA) is 59.8 Å². The Bertz CT molecular complexity index is 1160. The highest BCUT2D eigenvalue weighted by Gasteiger charge is 2.33. The van der Waals surface area contributed by atoms with Gasteiger partial charge in [0, 0.05) is 21.7 Å². The van der Waals surface area contributed by atoms with Gasteiger partial charge in [0.15, 0.2) is 0 Å². The summed E-state index contributed by atoms with van der Waals surface area (Å²) in [7, 11) is 0. The van der Waals surface area contributed by atoms with Crippen molar-refractivity contribution in [3.8, 4) is 0 Å². The van der Waals surface area contributed by atoms with Gasteiger partial charge in [-0.1, -0.05) is 28.7 Å². The molecule has 164 valence electrons. The lowest BCUT2D eigenvalue weighted by molar-refractivity contribution is -0.141. The van der Waals surface area contributed by atoms with Gasteiger partial charge in [-0.2, -0.15) is 18.3 Å². The van der Waals surface area contributed by atoms with Crippen molar-refractivity contribution in [3.05, 3.63) is 53.5 Å². The highest BCUT2D eigenvalue weighted by Crippen LogP contribution is 2.34. The number of anilines is 1. The molecule has 9 heteroatoms. The number of alkyl halides is 4. The largest absolute Gasteiger partial charge is 0.433 e. The third-order valence-corrected chi connectivity index (χ3v) is 6.84. The van der Waals surface area contributed by atoms with Gasteiger partial charge < -0.3 is 5.32 Å². The molecule has 0 saturated heterocycles. The molecule has 0 radical (unpaired) electrons. The van der Waals surface area contributed by atoms with Crippen LogP contribution in [0.15, 0.2) is 36.5 Å². The Balaban J connectivity index is 1.58. The van der Waals surface area contributed by atoms with E-state index in [1.807, 2.05) is 6.20 Å². The standard InChI is InChI=1S/C22H22F3IN4O/c1-13-9-19-15(12-30(29-19)16-7-5-14(11-26)6-8-16)10-18(13)28-21(31)17-3-2-4-20(27-17)22(23,24)25/h2-4,9-10,12,14,16H,5-8,11H2,1H3,(H,28,31)/i16D. The smallest absolute Gasteiger partial charge is 0.320 e. The number of amides is 1. The maximum atomic E-state index is 12.9. The van der Waals surface area contributed by atoms with Crippen LogP contribution in [0.3, 0.4) is 0 Å². The molecule has 31 heavy (non-hydrogen) atoms. The van der Waals surface area contributed by atoms with Crippen molar-refractivity contribution in [1.29, 1.82) is 0 Å². The summed E-state index contributed by atoms with van der Waals surface area (Å²) in [6.07, 6.45) is 0.642. The van der Waals surface area contributed by atoms with E-state index in [9.17, 15) is 18.0 Å². The molecule has 2 heterocycles. The normalized spacial score (nSPS) is 22.4. The van der Waals surface area contributed by atoms with Crippen LogP contribution in [-0.4, -0.2) is 25.1 Å². The number of carbonyl (C=O) groups is 1. The SMILES string of the molecule is [2H]C1(n2cc3cc(NC(=O)c4cccc(C(F)(F)F)n4)c(C)cc3n2)CCC(CI)CC1. The lowest BCUT2D eigenvalue weighted by Crippen LogP contribution is -2.19. The Morgan fingerprint density at radius 3 is 2.71 bits per heavy atom. The molecule has 1 N–H and O–H groups in total. The average molecular weight is 543 g/mol. The van der Waals surface area contributed by atoms with Crippen LogP contribution in [0.4, 0.5) is 18.9 Å². The third kappa shape index (κ3) is 4.86. The van der Waals surface area contributed by atoms with E-state index in [1.165, 1.54) is 6.07 Å². The van der Waals surface area contributed by atoms with Crippen molar-refractivity contribution < 1.29 is 19.3 Å².